The van der Waals surface area contributed by atoms with Crippen LogP contribution in [0, 0.1) is 19.7 Å². The highest BCUT2D eigenvalue weighted by molar-refractivity contribution is 5.53. The third-order valence-electron chi connectivity index (χ3n) is 3.24. The predicted molar refractivity (Wildman–Crippen MR) is 71.1 cm³/mol. The summed E-state index contributed by atoms with van der Waals surface area (Å²) in [6.07, 6.45) is 0. The molecular weight excluding hydrogens is 229 g/mol. The summed E-state index contributed by atoms with van der Waals surface area (Å²) in [7, 11) is 1.93. The van der Waals surface area contributed by atoms with Gasteiger partial charge in [0, 0.05) is 13.1 Å². The fraction of sp³-hybridized carbons (Fsp3) is 0.357. The summed E-state index contributed by atoms with van der Waals surface area (Å²) in [6.45, 7) is 6.06. The molecule has 3 nitrogen and oxygen atoms in total. The van der Waals surface area contributed by atoms with E-state index in [9.17, 15) is 4.39 Å². The zero-order valence-corrected chi connectivity index (χ0v) is 11.2. The van der Waals surface area contributed by atoms with E-state index >= 15 is 0 Å². The van der Waals surface area contributed by atoms with Crippen LogP contribution in [-0.4, -0.2) is 9.78 Å². The minimum Gasteiger partial charge on any atom is -0.376 e. The van der Waals surface area contributed by atoms with Crippen molar-refractivity contribution in [1.29, 1.82) is 0 Å². The summed E-state index contributed by atoms with van der Waals surface area (Å²) in [5, 5.41) is 7.79. The van der Waals surface area contributed by atoms with Gasteiger partial charge in [-0.15, -0.1) is 0 Å². The molecule has 0 bridgehead atoms. The minimum atomic E-state index is -0.209. The normalized spacial score (nSPS) is 12.5. The molecule has 96 valence electrons. The summed E-state index contributed by atoms with van der Waals surface area (Å²) in [5.41, 5.74) is 4.18. The molecule has 1 atom stereocenters. The Balaban J connectivity index is 2.21. The molecule has 1 unspecified atom stereocenters. The molecule has 0 aliphatic rings. The first-order valence-electron chi connectivity index (χ1n) is 6.01. The van der Waals surface area contributed by atoms with Crippen LogP contribution in [0.15, 0.2) is 24.3 Å². The van der Waals surface area contributed by atoms with Gasteiger partial charge in [0.15, 0.2) is 0 Å². The van der Waals surface area contributed by atoms with Crippen LogP contribution in [0.4, 0.5) is 10.1 Å². The topological polar surface area (TPSA) is 29.9 Å². The highest BCUT2D eigenvalue weighted by Crippen LogP contribution is 2.24. The summed E-state index contributed by atoms with van der Waals surface area (Å²) >= 11 is 0. The van der Waals surface area contributed by atoms with Crippen LogP contribution < -0.4 is 5.32 Å². The third kappa shape index (κ3) is 2.37. The van der Waals surface area contributed by atoms with E-state index in [2.05, 4.69) is 17.3 Å². The minimum absolute atomic E-state index is 0.118. The Hall–Kier alpha value is -1.84. The Bertz CT molecular complexity index is 543. The van der Waals surface area contributed by atoms with E-state index in [1.807, 2.05) is 25.6 Å². The van der Waals surface area contributed by atoms with Gasteiger partial charge in [-0.25, -0.2) is 4.39 Å². The summed E-state index contributed by atoms with van der Waals surface area (Å²) in [4.78, 5) is 0. The van der Waals surface area contributed by atoms with Gasteiger partial charge in [-0.1, -0.05) is 12.1 Å². The average molecular weight is 247 g/mol. The van der Waals surface area contributed by atoms with Gasteiger partial charge < -0.3 is 5.32 Å². The van der Waals surface area contributed by atoms with Crippen molar-refractivity contribution in [3.05, 3.63) is 47.0 Å². The second-order valence-corrected chi connectivity index (χ2v) is 4.59. The summed E-state index contributed by atoms with van der Waals surface area (Å²) in [5.74, 6) is -0.209. The lowest BCUT2D eigenvalue weighted by atomic mass is 10.1. The van der Waals surface area contributed by atoms with E-state index in [1.54, 1.807) is 12.1 Å². The first kappa shape index (κ1) is 12.6. The van der Waals surface area contributed by atoms with E-state index in [-0.39, 0.29) is 11.9 Å². The fourth-order valence-corrected chi connectivity index (χ4v) is 2.03. The van der Waals surface area contributed by atoms with Gasteiger partial charge in [0.05, 0.1) is 17.1 Å². The SMILES string of the molecule is Cc1nn(C)c(C)c1NC(C)c1ccc(F)cc1. The molecule has 1 aromatic carbocycles. The van der Waals surface area contributed by atoms with Crippen molar-refractivity contribution in [2.24, 2.45) is 7.05 Å². The molecule has 1 N–H and O–H groups in total. The smallest absolute Gasteiger partial charge is 0.123 e. The Morgan fingerprint density at radius 1 is 1.22 bits per heavy atom. The van der Waals surface area contributed by atoms with Gasteiger partial charge in [0.1, 0.15) is 5.82 Å². The number of benzene rings is 1. The molecule has 0 radical (unpaired) electrons. The highest BCUT2D eigenvalue weighted by atomic mass is 19.1. The van der Waals surface area contributed by atoms with Crippen LogP contribution >= 0.6 is 0 Å². The molecular formula is C14H18FN3. The average Bonchev–Trinajstić information content (AvgIpc) is 2.57. The molecule has 2 rings (SSSR count). The Kier molecular flexibility index (Phi) is 3.36. The van der Waals surface area contributed by atoms with E-state index in [1.165, 1.54) is 12.1 Å². The fourth-order valence-electron chi connectivity index (χ4n) is 2.03. The first-order chi connectivity index (χ1) is 8.49. The standard InChI is InChI=1S/C14H18FN3/c1-9(12-5-7-13(15)8-6-12)16-14-10(2)17-18(4)11(14)3/h5-9,16H,1-4H3. The first-order valence-corrected chi connectivity index (χ1v) is 6.01. The number of hydrogen-bond donors (Lipinski definition) is 1. The maximum atomic E-state index is 12.9. The van der Waals surface area contributed by atoms with Crippen molar-refractivity contribution in [3.63, 3.8) is 0 Å². The van der Waals surface area contributed by atoms with E-state index in [4.69, 9.17) is 0 Å². The molecule has 0 spiro atoms. The van der Waals surface area contributed by atoms with Crippen LogP contribution in [0.25, 0.3) is 0 Å². The number of aryl methyl sites for hydroxylation is 2. The van der Waals surface area contributed by atoms with Gasteiger partial charge in [-0.05, 0) is 38.5 Å². The number of anilines is 1. The Labute approximate surface area is 107 Å². The highest BCUT2D eigenvalue weighted by Gasteiger charge is 2.12. The number of halogens is 1. The second-order valence-electron chi connectivity index (χ2n) is 4.59. The lowest BCUT2D eigenvalue weighted by Gasteiger charge is -2.16. The lowest BCUT2D eigenvalue weighted by molar-refractivity contribution is 0.626. The molecule has 0 saturated heterocycles. The van der Waals surface area contributed by atoms with Crippen LogP contribution in [-0.2, 0) is 7.05 Å². The Morgan fingerprint density at radius 3 is 2.33 bits per heavy atom. The second kappa shape index (κ2) is 4.80. The van der Waals surface area contributed by atoms with Crippen molar-refractivity contribution >= 4 is 5.69 Å². The quantitative estimate of drug-likeness (QED) is 0.901. The van der Waals surface area contributed by atoms with Gasteiger partial charge in [0.2, 0.25) is 0 Å². The zero-order valence-electron chi connectivity index (χ0n) is 11.2. The molecule has 0 saturated carbocycles. The molecule has 0 aliphatic carbocycles. The van der Waals surface area contributed by atoms with Gasteiger partial charge >= 0.3 is 0 Å². The van der Waals surface area contributed by atoms with Gasteiger partial charge in [0.25, 0.3) is 0 Å². The molecule has 0 fully saturated rings. The summed E-state index contributed by atoms with van der Waals surface area (Å²) in [6, 6.07) is 6.68. The van der Waals surface area contributed by atoms with E-state index in [0.717, 1.165) is 22.6 Å². The molecule has 4 heteroatoms. The predicted octanol–water partition coefficient (Wildman–Crippen LogP) is 3.35. The number of nitrogens with zero attached hydrogens (tertiary/aromatic N) is 2. The van der Waals surface area contributed by atoms with Crippen molar-refractivity contribution in [2.45, 2.75) is 26.8 Å². The van der Waals surface area contributed by atoms with Crippen molar-refractivity contribution in [3.8, 4) is 0 Å². The number of rotatable bonds is 3. The lowest BCUT2D eigenvalue weighted by Crippen LogP contribution is -2.08. The molecule has 2 aromatic rings. The largest absolute Gasteiger partial charge is 0.376 e. The van der Waals surface area contributed by atoms with Gasteiger partial charge in [-0.2, -0.15) is 5.10 Å². The van der Waals surface area contributed by atoms with Crippen LogP contribution in [0.1, 0.15) is 29.9 Å². The molecule has 0 amide bonds. The summed E-state index contributed by atoms with van der Waals surface area (Å²) < 4.78 is 14.7. The van der Waals surface area contributed by atoms with E-state index in [0.29, 0.717) is 0 Å². The van der Waals surface area contributed by atoms with Crippen molar-refractivity contribution in [2.75, 3.05) is 5.32 Å². The monoisotopic (exact) mass is 247 g/mol. The molecule has 0 aliphatic heterocycles. The van der Waals surface area contributed by atoms with Crippen LogP contribution in [0.5, 0.6) is 0 Å². The number of nitrogens with one attached hydrogen (secondary N) is 1. The zero-order chi connectivity index (χ0) is 13.3. The Morgan fingerprint density at radius 2 is 1.83 bits per heavy atom. The number of aromatic nitrogens is 2. The van der Waals surface area contributed by atoms with Crippen LogP contribution in [0.2, 0.25) is 0 Å². The third-order valence-corrected chi connectivity index (χ3v) is 3.24. The van der Waals surface area contributed by atoms with Crippen molar-refractivity contribution in [1.82, 2.24) is 9.78 Å². The number of hydrogen-bond acceptors (Lipinski definition) is 2. The molecule has 1 heterocycles. The van der Waals surface area contributed by atoms with Crippen LogP contribution in [0.3, 0.4) is 0 Å². The molecule has 18 heavy (non-hydrogen) atoms. The maximum absolute atomic E-state index is 12.9. The van der Waals surface area contributed by atoms with Gasteiger partial charge in [-0.3, -0.25) is 4.68 Å². The van der Waals surface area contributed by atoms with E-state index < -0.39 is 0 Å². The maximum Gasteiger partial charge on any atom is 0.123 e. The molecule has 1 aromatic heterocycles. The van der Waals surface area contributed by atoms with Crippen molar-refractivity contribution < 1.29 is 4.39 Å².